The summed E-state index contributed by atoms with van der Waals surface area (Å²) in [5.41, 5.74) is 2.11. The molecule has 2 heterocycles. The summed E-state index contributed by atoms with van der Waals surface area (Å²) < 4.78 is 16.2. The first-order valence-corrected chi connectivity index (χ1v) is 11.1. The van der Waals surface area contributed by atoms with E-state index in [1.54, 1.807) is 27.5 Å². The van der Waals surface area contributed by atoms with Crippen molar-refractivity contribution >= 4 is 17.5 Å². The number of piperidine rings is 1. The van der Waals surface area contributed by atoms with Gasteiger partial charge in [-0.1, -0.05) is 30.3 Å². The topological polar surface area (TPSA) is 80.8 Å². The molecule has 0 atom stereocenters. The Morgan fingerprint density at radius 3 is 2.27 bits per heavy atom. The number of nitrogens with one attached hydrogen (secondary N) is 2. The van der Waals surface area contributed by atoms with Gasteiger partial charge in [0, 0.05) is 49.7 Å². The highest BCUT2D eigenvalue weighted by atomic mass is 16.5. The summed E-state index contributed by atoms with van der Waals surface area (Å²) in [7, 11) is 4.76. The normalized spacial score (nSPS) is 14.5. The van der Waals surface area contributed by atoms with E-state index in [4.69, 9.17) is 14.2 Å². The summed E-state index contributed by atoms with van der Waals surface area (Å²) in [6.07, 6.45) is 3.90. The van der Waals surface area contributed by atoms with Gasteiger partial charge in [0.25, 0.3) is 0 Å². The van der Waals surface area contributed by atoms with Crippen molar-refractivity contribution in [2.24, 2.45) is 0 Å². The van der Waals surface area contributed by atoms with Crippen LogP contribution in [0.1, 0.15) is 18.4 Å². The molecule has 0 radical (unpaired) electrons. The number of benzene rings is 2. The Labute approximate surface area is 194 Å². The summed E-state index contributed by atoms with van der Waals surface area (Å²) in [6, 6.07) is 16.6. The molecule has 1 aromatic heterocycles. The fourth-order valence-electron chi connectivity index (χ4n) is 4.07. The van der Waals surface area contributed by atoms with Gasteiger partial charge < -0.3 is 24.8 Å². The Hall–Kier alpha value is -3.52. The quantitative estimate of drug-likeness (QED) is 0.500. The van der Waals surface area contributed by atoms with Crippen LogP contribution in [0.15, 0.2) is 54.7 Å². The third kappa shape index (κ3) is 5.84. The molecule has 1 saturated heterocycles. The van der Waals surface area contributed by atoms with Crippen LogP contribution in [0, 0.1) is 0 Å². The van der Waals surface area contributed by atoms with Crippen molar-refractivity contribution in [1.82, 2.24) is 14.9 Å². The molecule has 3 aromatic rings. The van der Waals surface area contributed by atoms with E-state index in [0.717, 1.165) is 44.0 Å². The minimum absolute atomic E-state index is 0.390. The van der Waals surface area contributed by atoms with E-state index in [9.17, 15) is 0 Å². The van der Waals surface area contributed by atoms with Crippen LogP contribution < -0.4 is 24.8 Å². The average Bonchev–Trinajstić information content (AvgIpc) is 2.85. The van der Waals surface area contributed by atoms with Gasteiger partial charge in [-0.25, -0.2) is 4.98 Å². The van der Waals surface area contributed by atoms with Gasteiger partial charge in [0.2, 0.25) is 11.7 Å². The molecule has 2 aromatic carbocycles. The fraction of sp³-hybridized carbons (Fsp3) is 0.360. The molecule has 0 spiro atoms. The second-order valence-electron chi connectivity index (χ2n) is 7.98. The zero-order valence-electron chi connectivity index (χ0n) is 19.4. The van der Waals surface area contributed by atoms with E-state index in [0.29, 0.717) is 29.2 Å². The van der Waals surface area contributed by atoms with Crippen molar-refractivity contribution in [3.8, 4) is 17.2 Å². The van der Waals surface area contributed by atoms with Crippen molar-refractivity contribution in [2.75, 3.05) is 45.1 Å². The molecule has 0 unspecified atom stereocenters. The molecule has 8 nitrogen and oxygen atoms in total. The maximum absolute atomic E-state index is 5.43. The lowest BCUT2D eigenvalue weighted by molar-refractivity contribution is 0.211. The first kappa shape index (κ1) is 22.7. The lowest BCUT2D eigenvalue weighted by Crippen LogP contribution is -2.38. The highest BCUT2D eigenvalue weighted by Gasteiger charge is 2.20. The smallest absolute Gasteiger partial charge is 0.229 e. The Bertz CT molecular complexity index is 1010. The number of rotatable bonds is 9. The van der Waals surface area contributed by atoms with Crippen molar-refractivity contribution in [1.29, 1.82) is 0 Å². The minimum atomic E-state index is 0.390. The van der Waals surface area contributed by atoms with Gasteiger partial charge >= 0.3 is 0 Å². The number of anilines is 3. The Balaban J connectivity index is 1.36. The third-order valence-electron chi connectivity index (χ3n) is 5.77. The average molecular weight is 450 g/mol. The van der Waals surface area contributed by atoms with Crippen LogP contribution in [-0.2, 0) is 6.54 Å². The Morgan fingerprint density at radius 1 is 0.939 bits per heavy atom. The van der Waals surface area contributed by atoms with E-state index < -0.39 is 0 Å². The maximum Gasteiger partial charge on any atom is 0.229 e. The SMILES string of the molecule is COc1cc(Nc2nccc(NC3CCN(Cc4ccccc4)CC3)n2)cc(OC)c1OC. The maximum atomic E-state index is 5.43. The largest absolute Gasteiger partial charge is 0.493 e. The predicted molar refractivity (Wildman–Crippen MR) is 130 cm³/mol. The number of likely N-dealkylation sites (tertiary alicyclic amines) is 1. The van der Waals surface area contributed by atoms with Crippen LogP contribution in [-0.4, -0.2) is 55.3 Å². The van der Waals surface area contributed by atoms with Gasteiger partial charge in [-0.15, -0.1) is 0 Å². The second kappa shape index (κ2) is 10.9. The molecule has 1 aliphatic rings. The molecule has 4 rings (SSSR count). The van der Waals surface area contributed by atoms with Gasteiger partial charge in [-0.3, -0.25) is 4.90 Å². The first-order valence-electron chi connectivity index (χ1n) is 11.1. The molecule has 8 heteroatoms. The number of hydrogen-bond acceptors (Lipinski definition) is 8. The van der Waals surface area contributed by atoms with Crippen molar-refractivity contribution in [2.45, 2.75) is 25.4 Å². The molecule has 1 fully saturated rings. The first-order chi connectivity index (χ1) is 16.2. The van der Waals surface area contributed by atoms with Crippen molar-refractivity contribution in [3.05, 3.63) is 60.3 Å². The van der Waals surface area contributed by atoms with Crippen molar-refractivity contribution < 1.29 is 14.2 Å². The zero-order chi connectivity index (χ0) is 23.0. The van der Waals surface area contributed by atoms with Gasteiger partial charge in [-0.2, -0.15) is 4.98 Å². The molecule has 2 N–H and O–H groups in total. The Kier molecular flexibility index (Phi) is 7.47. The molecule has 1 aliphatic heterocycles. The molecule has 0 amide bonds. The number of methoxy groups -OCH3 is 3. The third-order valence-corrected chi connectivity index (χ3v) is 5.77. The van der Waals surface area contributed by atoms with Crippen LogP contribution in [0.5, 0.6) is 17.2 Å². The fourth-order valence-corrected chi connectivity index (χ4v) is 4.07. The molecule has 33 heavy (non-hydrogen) atoms. The van der Waals surface area contributed by atoms with Gasteiger partial charge in [0.15, 0.2) is 11.5 Å². The molecule has 0 aliphatic carbocycles. The Morgan fingerprint density at radius 2 is 1.64 bits per heavy atom. The molecule has 0 bridgehead atoms. The highest BCUT2D eigenvalue weighted by molar-refractivity contribution is 5.66. The van der Waals surface area contributed by atoms with Crippen LogP contribution in [0.3, 0.4) is 0 Å². The molecule has 174 valence electrons. The van der Waals surface area contributed by atoms with Gasteiger partial charge in [-0.05, 0) is 24.5 Å². The van der Waals surface area contributed by atoms with Gasteiger partial charge in [0.1, 0.15) is 5.82 Å². The molecular formula is C25H31N5O3. The second-order valence-corrected chi connectivity index (χ2v) is 7.98. The minimum Gasteiger partial charge on any atom is -0.493 e. The summed E-state index contributed by atoms with van der Waals surface area (Å²) in [5, 5.41) is 6.80. The number of nitrogens with zero attached hydrogens (tertiary/aromatic N) is 3. The van der Waals surface area contributed by atoms with Gasteiger partial charge in [0.05, 0.1) is 21.3 Å². The number of ether oxygens (including phenoxy) is 3. The van der Waals surface area contributed by atoms with E-state index in [1.807, 2.05) is 18.2 Å². The van der Waals surface area contributed by atoms with E-state index in [2.05, 4.69) is 55.8 Å². The molecular weight excluding hydrogens is 418 g/mol. The zero-order valence-corrected chi connectivity index (χ0v) is 19.4. The van der Waals surface area contributed by atoms with E-state index in [1.165, 1.54) is 5.56 Å². The summed E-state index contributed by atoms with van der Waals surface area (Å²) in [5.74, 6) is 2.98. The van der Waals surface area contributed by atoms with Crippen LogP contribution >= 0.6 is 0 Å². The lowest BCUT2D eigenvalue weighted by atomic mass is 10.0. The van der Waals surface area contributed by atoms with Crippen LogP contribution in [0.4, 0.5) is 17.5 Å². The van der Waals surface area contributed by atoms with E-state index >= 15 is 0 Å². The summed E-state index contributed by atoms with van der Waals surface area (Å²) in [4.78, 5) is 11.5. The van der Waals surface area contributed by atoms with Crippen LogP contribution in [0.25, 0.3) is 0 Å². The lowest BCUT2D eigenvalue weighted by Gasteiger charge is -2.32. The van der Waals surface area contributed by atoms with E-state index in [-0.39, 0.29) is 0 Å². The monoisotopic (exact) mass is 449 g/mol. The number of hydrogen-bond donors (Lipinski definition) is 2. The predicted octanol–water partition coefficient (Wildman–Crippen LogP) is 4.32. The van der Waals surface area contributed by atoms with Crippen molar-refractivity contribution in [3.63, 3.8) is 0 Å². The summed E-state index contributed by atoms with van der Waals surface area (Å²) in [6.45, 7) is 3.13. The highest BCUT2D eigenvalue weighted by Crippen LogP contribution is 2.40. The molecule has 0 saturated carbocycles. The standard InChI is InChI=1S/C25H31N5O3/c1-31-21-15-20(16-22(32-2)24(21)33-3)28-25-26-12-9-23(29-25)27-19-10-13-30(14-11-19)17-18-7-5-4-6-8-18/h4-9,12,15-16,19H,10-11,13-14,17H2,1-3H3,(H2,26,27,28,29). The van der Waals surface area contributed by atoms with Crippen LogP contribution in [0.2, 0.25) is 0 Å². The summed E-state index contributed by atoms with van der Waals surface area (Å²) >= 11 is 0. The number of aromatic nitrogens is 2.